The Morgan fingerprint density at radius 3 is 2.60 bits per heavy atom. The van der Waals surface area contributed by atoms with Gasteiger partial charge in [-0.05, 0) is 30.7 Å². The normalized spacial score (nSPS) is 24.8. The molecule has 1 saturated heterocycles. The predicted octanol–water partition coefficient (Wildman–Crippen LogP) is 2.59. The molecule has 0 aromatic rings. The van der Waals surface area contributed by atoms with Crippen LogP contribution in [0.25, 0.3) is 0 Å². The van der Waals surface area contributed by atoms with Gasteiger partial charge in [0.05, 0.1) is 0 Å². The number of nitrogens with one attached hydrogen (secondary N) is 1. The third-order valence-electron chi connectivity index (χ3n) is 3.83. The van der Waals surface area contributed by atoms with Crippen LogP contribution in [0.4, 0.5) is 0 Å². The first-order valence-electron chi connectivity index (χ1n) is 7.97. The fourth-order valence-electron chi connectivity index (χ4n) is 2.86. The molecule has 2 atom stereocenters. The van der Waals surface area contributed by atoms with Crippen LogP contribution < -0.4 is 5.32 Å². The maximum atomic E-state index is 11.0. The van der Waals surface area contributed by atoms with E-state index in [0.29, 0.717) is 12.5 Å². The van der Waals surface area contributed by atoms with Crippen molar-refractivity contribution in [3.8, 4) is 0 Å². The van der Waals surface area contributed by atoms with E-state index in [0.717, 1.165) is 32.6 Å². The molecular formula is C16H32N2O2. The number of carbonyl (C=O) groups is 1. The summed E-state index contributed by atoms with van der Waals surface area (Å²) in [6.07, 6.45) is 3.69. The van der Waals surface area contributed by atoms with E-state index in [-0.39, 0.29) is 11.3 Å². The highest BCUT2D eigenvalue weighted by Crippen LogP contribution is 2.21. The van der Waals surface area contributed by atoms with Crippen molar-refractivity contribution in [1.29, 1.82) is 0 Å². The lowest BCUT2D eigenvalue weighted by Crippen LogP contribution is -2.51. The molecule has 2 N–H and O–H groups in total. The second-order valence-electron chi connectivity index (χ2n) is 7.45. The number of carboxylic acid groups (broad SMARTS) is 1. The van der Waals surface area contributed by atoms with E-state index >= 15 is 0 Å². The summed E-state index contributed by atoms with van der Waals surface area (Å²) in [7, 11) is 0. The lowest BCUT2D eigenvalue weighted by molar-refractivity contribution is -0.138. The third-order valence-corrected chi connectivity index (χ3v) is 3.83. The summed E-state index contributed by atoms with van der Waals surface area (Å²) in [5, 5.41) is 12.7. The van der Waals surface area contributed by atoms with Crippen LogP contribution >= 0.6 is 0 Å². The van der Waals surface area contributed by atoms with Gasteiger partial charge in [0.25, 0.3) is 0 Å². The molecule has 0 radical (unpaired) electrons. The Labute approximate surface area is 123 Å². The van der Waals surface area contributed by atoms with Crippen LogP contribution in [0.15, 0.2) is 0 Å². The smallest absolute Gasteiger partial charge is 0.303 e. The Morgan fingerprint density at radius 2 is 2.05 bits per heavy atom. The Morgan fingerprint density at radius 1 is 1.35 bits per heavy atom. The summed E-state index contributed by atoms with van der Waals surface area (Å²) < 4.78 is 0. The second-order valence-corrected chi connectivity index (χ2v) is 7.45. The van der Waals surface area contributed by atoms with Crippen molar-refractivity contribution >= 4 is 5.97 Å². The van der Waals surface area contributed by atoms with Gasteiger partial charge in [-0.3, -0.25) is 4.79 Å². The summed E-state index contributed by atoms with van der Waals surface area (Å²) in [5.74, 6) is -0.377. The Kier molecular flexibility index (Phi) is 6.96. The summed E-state index contributed by atoms with van der Waals surface area (Å²) in [4.78, 5) is 13.4. The van der Waals surface area contributed by atoms with Crippen molar-refractivity contribution in [1.82, 2.24) is 10.2 Å². The van der Waals surface area contributed by atoms with Crippen molar-refractivity contribution < 1.29 is 9.90 Å². The van der Waals surface area contributed by atoms with Gasteiger partial charge in [0.1, 0.15) is 0 Å². The lowest BCUT2D eigenvalue weighted by Gasteiger charge is -2.39. The molecule has 4 heteroatoms. The van der Waals surface area contributed by atoms with Crippen LogP contribution in [0.5, 0.6) is 0 Å². The maximum absolute atomic E-state index is 11.0. The molecule has 2 unspecified atom stereocenters. The van der Waals surface area contributed by atoms with E-state index in [1.165, 1.54) is 12.8 Å². The van der Waals surface area contributed by atoms with Gasteiger partial charge < -0.3 is 15.3 Å². The first kappa shape index (κ1) is 17.4. The van der Waals surface area contributed by atoms with Crippen molar-refractivity contribution in [2.75, 3.05) is 26.2 Å². The zero-order chi connectivity index (χ0) is 15.2. The van der Waals surface area contributed by atoms with Crippen molar-refractivity contribution in [2.24, 2.45) is 11.3 Å². The highest BCUT2D eigenvalue weighted by Gasteiger charge is 2.28. The summed E-state index contributed by atoms with van der Waals surface area (Å²) >= 11 is 0. The quantitative estimate of drug-likeness (QED) is 0.754. The van der Waals surface area contributed by atoms with E-state index in [1.807, 2.05) is 0 Å². The van der Waals surface area contributed by atoms with E-state index in [1.54, 1.807) is 0 Å². The van der Waals surface area contributed by atoms with Crippen LogP contribution in [-0.4, -0.2) is 48.2 Å². The number of rotatable bonds is 7. The van der Waals surface area contributed by atoms with Crippen molar-refractivity contribution in [3.05, 3.63) is 0 Å². The van der Waals surface area contributed by atoms with E-state index in [4.69, 9.17) is 5.11 Å². The van der Waals surface area contributed by atoms with Crippen LogP contribution in [-0.2, 0) is 4.79 Å². The molecule has 0 aromatic heterocycles. The van der Waals surface area contributed by atoms with Crippen LogP contribution in [0.3, 0.4) is 0 Å². The summed E-state index contributed by atoms with van der Waals surface area (Å²) in [6, 6.07) is 0.434. The maximum Gasteiger partial charge on any atom is 0.303 e. The average molecular weight is 284 g/mol. The van der Waals surface area contributed by atoms with Crippen molar-refractivity contribution in [2.45, 2.75) is 59.4 Å². The number of hydrogen-bond acceptors (Lipinski definition) is 3. The molecule has 1 aliphatic rings. The third kappa shape index (κ3) is 7.25. The van der Waals surface area contributed by atoms with E-state index in [2.05, 4.69) is 37.9 Å². The van der Waals surface area contributed by atoms with Gasteiger partial charge >= 0.3 is 5.97 Å². The summed E-state index contributed by atoms with van der Waals surface area (Å²) in [5.41, 5.74) is 0.272. The Hall–Kier alpha value is -0.610. The number of likely N-dealkylation sites (tertiary alicyclic amines) is 1. The fourth-order valence-corrected chi connectivity index (χ4v) is 2.86. The molecular weight excluding hydrogens is 252 g/mol. The van der Waals surface area contributed by atoms with Gasteiger partial charge in [0.2, 0.25) is 0 Å². The molecule has 0 amide bonds. The molecule has 0 spiro atoms. The number of hydrogen-bond donors (Lipinski definition) is 2. The second kappa shape index (κ2) is 7.99. The van der Waals surface area contributed by atoms with Gasteiger partial charge in [-0.1, -0.05) is 34.1 Å². The number of nitrogens with zero attached hydrogens (tertiary/aromatic N) is 1. The zero-order valence-electron chi connectivity index (χ0n) is 13.6. The lowest BCUT2D eigenvalue weighted by atomic mass is 9.90. The molecule has 0 aromatic carbocycles. The standard InChI is InChI=1S/C16H32N2O2/c1-5-6-7-18-10-13(9-15(19)20)8-14(11-18)17-12-16(2,3)4/h13-14,17H,5-12H2,1-4H3,(H,19,20). The Balaban J connectivity index is 2.52. The predicted molar refractivity (Wildman–Crippen MR) is 83.0 cm³/mol. The van der Waals surface area contributed by atoms with Crippen LogP contribution in [0, 0.1) is 11.3 Å². The minimum absolute atomic E-state index is 0.272. The van der Waals surface area contributed by atoms with Gasteiger partial charge in [-0.2, -0.15) is 0 Å². The molecule has 0 saturated carbocycles. The van der Waals surface area contributed by atoms with E-state index in [9.17, 15) is 4.79 Å². The first-order valence-corrected chi connectivity index (χ1v) is 7.97. The molecule has 118 valence electrons. The molecule has 4 nitrogen and oxygen atoms in total. The number of carboxylic acids is 1. The largest absolute Gasteiger partial charge is 0.481 e. The molecule has 0 bridgehead atoms. The topological polar surface area (TPSA) is 52.6 Å². The monoisotopic (exact) mass is 284 g/mol. The van der Waals surface area contributed by atoms with Gasteiger partial charge in [-0.15, -0.1) is 0 Å². The van der Waals surface area contributed by atoms with Crippen LogP contribution in [0.2, 0.25) is 0 Å². The number of piperidine rings is 1. The molecule has 0 aliphatic carbocycles. The molecule has 1 fully saturated rings. The fraction of sp³-hybridized carbons (Fsp3) is 0.938. The number of unbranched alkanes of at least 4 members (excludes halogenated alkanes) is 1. The average Bonchev–Trinajstić information content (AvgIpc) is 2.32. The van der Waals surface area contributed by atoms with Gasteiger partial charge in [-0.25, -0.2) is 0 Å². The molecule has 1 heterocycles. The van der Waals surface area contributed by atoms with Crippen molar-refractivity contribution in [3.63, 3.8) is 0 Å². The molecule has 20 heavy (non-hydrogen) atoms. The molecule has 1 rings (SSSR count). The summed E-state index contributed by atoms with van der Waals surface area (Å²) in [6.45, 7) is 13.0. The first-order chi connectivity index (χ1) is 9.30. The number of aliphatic carboxylic acids is 1. The van der Waals surface area contributed by atoms with Gasteiger partial charge in [0, 0.05) is 32.1 Å². The minimum atomic E-state index is -0.665. The van der Waals surface area contributed by atoms with Gasteiger partial charge in [0.15, 0.2) is 0 Å². The highest BCUT2D eigenvalue weighted by molar-refractivity contribution is 5.67. The zero-order valence-corrected chi connectivity index (χ0v) is 13.6. The SMILES string of the molecule is CCCCN1CC(CC(=O)O)CC(NCC(C)(C)C)C1. The minimum Gasteiger partial charge on any atom is -0.481 e. The van der Waals surface area contributed by atoms with Crippen LogP contribution in [0.1, 0.15) is 53.4 Å². The molecule has 1 aliphatic heterocycles. The van der Waals surface area contributed by atoms with E-state index < -0.39 is 5.97 Å². The Bertz CT molecular complexity index is 299. The highest BCUT2D eigenvalue weighted by atomic mass is 16.4.